The monoisotopic (exact) mass is 322 g/mol. The van der Waals surface area contributed by atoms with E-state index in [4.69, 9.17) is 4.74 Å². The average Bonchev–Trinajstić information content (AvgIpc) is 2.48. The van der Waals surface area contributed by atoms with E-state index in [1.165, 1.54) is 0 Å². The normalized spacial score (nSPS) is 12.2. The van der Waals surface area contributed by atoms with Gasteiger partial charge in [-0.3, -0.25) is 0 Å². The Hall–Kier alpha value is -1.30. The third-order valence-corrected chi connectivity index (χ3v) is 4.67. The predicted molar refractivity (Wildman–Crippen MR) is 88.2 cm³/mol. The summed E-state index contributed by atoms with van der Waals surface area (Å²) in [5, 5.41) is 18.4. The third-order valence-electron chi connectivity index (χ3n) is 2.68. The lowest BCUT2D eigenvalue weighted by molar-refractivity contribution is 0.139. The highest BCUT2D eigenvalue weighted by molar-refractivity contribution is 8.00. The van der Waals surface area contributed by atoms with E-state index in [0.29, 0.717) is 6.61 Å². The van der Waals surface area contributed by atoms with Gasteiger partial charge >= 0.3 is 0 Å². The lowest BCUT2D eigenvalue weighted by Gasteiger charge is -2.12. The van der Waals surface area contributed by atoms with Crippen molar-refractivity contribution >= 4 is 23.5 Å². The summed E-state index contributed by atoms with van der Waals surface area (Å²) in [5.74, 6) is 1.43. The molecule has 0 fully saturated rings. The number of thioether (sulfide) groups is 2. The van der Waals surface area contributed by atoms with E-state index in [1.807, 2.05) is 31.2 Å². The Bertz CT molecular complexity index is 540. The van der Waals surface area contributed by atoms with Gasteiger partial charge in [-0.05, 0) is 55.5 Å². The Labute approximate surface area is 133 Å². The van der Waals surface area contributed by atoms with E-state index >= 15 is 0 Å². The second-order valence-electron chi connectivity index (χ2n) is 4.39. The largest absolute Gasteiger partial charge is 0.508 e. The minimum Gasteiger partial charge on any atom is -0.508 e. The molecule has 0 saturated carbocycles. The number of ether oxygens (including phenoxy) is 1. The Morgan fingerprint density at radius 3 is 2.00 bits per heavy atom. The minimum atomic E-state index is 0.0648. The van der Waals surface area contributed by atoms with E-state index in [-0.39, 0.29) is 16.9 Å². The summed E-state index contributed by atoms with van der Waals surface area (Å²) in [6, 6.07) is 14.3. The van der Waals surface area contributed by atoms with Crippen molar-refractivity contribution in [3.63, 3.8) is 0 Å². The number of rotatable bonds is 7. The quantitative estimate of drug-likeness (QED) is 0.451. The zero-order valence-corrected chi connectivity index (χ0v) is 13.4. The first-order chi connectivity index (χ1) is 10.1. The molecule has 112 valence electrons. The van der Waals surface area contributed by atoms with Crippen LogP contribution in [0, 0.1) is 0 Å². The summed E-state index contributed by atoms with van der Waals surface area (Å²) < 4.78 is 5.75. The number of hydrogen-bond acceptors (Lipinski definition) is 5. The second kappa shape index (κ2) is 8.22. The smallest absolute Gasteiger partial charge is 0.115 e. The third kappa shape index (κ3) is 5.91. The van der Waals surface area contributed by atoms with Crippen LogP contribution in [0.1, 0.15) is 6.92 Å². The van der Waals surface area contributed by atoms with Crippen molar-refractivity contribution in [3.8, 4) is 11.5 Å². The van der Waals surface area contributed by atoms with Gasteiger partial charge in [0, 0.05) is 15.5 Å². The SMILES string of the molecule is CC(OCCSc1ccc(O)cc1)Sc1ccc(O)cc1. The summed E-state index contributed by atoms with van der Waals surface area (Å²) >= 11 is 3.33. The van der Waals surface area contributed by atoms with Crippen molar-refractivity contribution in [3.05, 3.63) is 48.5 Å². The predicted octanol–water partition coefficient (Wildman–Crippen LogP) is 4.34. The molecule has 0 aliphatic rings. The zero-order chi connectivity index (χ0) is 15.1. The van der Waals surface area contributed by atoms with Crippen molar-refractivity contribution in [2.45, 2.75) is 22.2 Å². The molecule has 0 saturated heterocycles. The van der Waals surface area contributed by atoms with Gasteiger partial charge in [-0.1, -0.05) is 11.8 Å². The molecule has 1 atom stereocenters. The Kier molecular flexibility index (Phi) is 6.29. The Morgan fingerprint density at radius 2 is 1.43 bits per heavy atom. The molecule has 5 heteroatoms. The fraction of sp³-hybridized carbons (Fsp3) is 0.250. The summed E-state index contributed by atoms with van der Waals surface area (Å²) in [5.41, 5.74) is 0.0648. The molecule has 1 unspecified atom stereocenters. The van der Waals surface area contributed by atoms with Crippen LogP contribution in [0.4, 0.5) is 0 Å². The molecule has 0 aliphatic carbocycles. The van der Waals surface area contributed by atoms with Crippen molar-refractivity contribution in [1.82, 2.24) is 0 Å². The van der Waals surface area contributed by atoms with Crippen LogP contribution < -0.4 is 0 Å². The molecular weight excluding hydrogens is 304 g/mol. The zero-order valence-electron chi connectivity index (χ0n) is 11.7. The maximum Gasteiger partial charge on any atom is 0.115 e. The van der Waals surface area contributed by atoms with Gasteiger partial charge in [0.25, 0.3) is 0 Å². The molecule has 2 N–H and O–H groups in total. The number of phenolic OH excluding ortho intramolecular Hbond substituents is 2. The lowest BCUT2D eigenvalue weighted by Crippen LogP contribution is -2.06. The maximum absolute atomic E-state index is 9.23. The summed E-state index contributed by atoms with van der Waals surface area (Å²) in [6.07, 6.45) is 0. The molecule has 0 radical (unpaired) electrons. The molecule has 0 aromatic heterocycles. The maximum atomic E-state index is 9.23. The molecule has 0 bridgehead atoms. The van der Waals surface area contributed by atoms with Crippen LogP contribution in [0.25, 0.3) is 0 Å². The van der Waals surface area contributed by atoms with Gasteiger partial charge in [0.1, 0.15) is 16.9 Å². The van der Waals surface area contributed by atoms with E-state index in [0.717, 1.165) is 15.5 Å². The lowest BCUT2D eigenvalue weighted by atomic mass is 10.3. The van der Waals surface area contributed by atoms with Crippen LogP contribution in [0.2, 0.25) is 0 Å². The summed E-state index contributed by atoms with van der Waals surface area (Å²) in [7, 11) is 0. The highest BCUT2D eigenvalue weighted by Crippen LogP contribution is 2.26. The number of hydrogen-bond donors (Lipinski definition) is 2. The average molecular weight is 322 g/mol. The van der Waals surface area contributed by atoms with Crippen molar-refractivity contribution in [2.24, 2.45) is 0 Å². The van der Waals surface area contributed by atoms with E-state index in [1.54, 1.807) is 47.8 Å². The van der Waals surface area contributed by atoms with Crippen LogP contribution in [-0.2, 0) is 4.74 Å². The molecule has 0 amide bonds. The van der Waals surface area contributed by atoms with E-state index in [9.17, 15) is 10.2 Å². The van der Waals surface area contributed by atoms with Gasteiger partial charge in [0.05, 0.1) is 6.61 Å². The van der Waals surface area contributed by atoms with Gasteiger partial charge < -0.3 is 14.9 Å². The standard InChI is InChI=1S/C16H18O3S2/c1-12(21-16-8-4-14(18)5-9-16)19-10-11-20-15-6-2-13(17)3-7-15/h2-9,12,17-18H,10-11H2,1H3. The number of benzene rings is 2. The first-order valence-electron chi connectivity index (χ1n) is 6.62. The van der Waals surface area contributed by atoms with Gasteiger partial charge in [-0.2, -0.15) is 0 Å². The number of aromatic hydroxyl groups is 2. The Balaban J connectivity index is 1.66. The fourth-order valence-electron chi connectivity index (χ4n) is 1.67. The van der Waals surface area contributed by atoms with Crippen LogP contribution in [0.3, 0.4) is 0 Å². The molecule has 2 rings (SSSR count). The van der Waals surface area contributed by atoms with Gasteiger partial charge in [-0.25, -0.2) is 0 Å². The first-order valence-corrected chi connectivity index (χ1v) is 8.49. The van der Waals surface area contributed by atoms with Crippen LogP contribution in [-0.4, -0.2) is 28.0 Å². The van der Waals surface area contributed by atoms with Crippen LogP contribution in [0.15, 0.2) is 58.3 Å². The summed E-state index contributed by atoms with van der Waals surface area (Å²) in [4.78, 5) is 2.20. The first kappa shape index (κ1) is 16.1. The van der Waals surface area contributed by atoms with Gasteiger partial charge in [0.15, 0.2) is 0 Å². The fourth-order valence-corrected chi connectivity index (χ4v) is 3.25. The van der Waals surface area contributed by atoms with Crippen LogP contribution >= 0.6 is 23.5 Å². The Morgan fingerprint density at radius 1 is 0.905 bits per heavy atom. The minimum absolute atomic E-state index is 0.0648. The highest BCUT2D eigenvalue weighted by atomic mass is 32.2. The molecule has 0 spiro atoms. The topological polar surface area (TPSA) is 49.7 Å². The van der Waals surface area contributed by atoms with Crippen molar-refractivity contribution in [1.29, 1.82) is 0 Å². The molecule has 2 aromatic carbocycles. The highest BCUT2D eigenvalue weighted by Gasteiger charge is 2.05. The van der Waals surface area contributed by atoms with Crippen molar-refractivity contribution < 1.29 is 14.9 Å². The van der Waals surface area contributed by atoms with E-state index < -0.39 is 0 Å². The second-order valence-corrected chi connectivity index (χ2v) is 6.93. The molecule has 3 nitrogen and oxygen atoms in total. The van der Waals surface area contributed by atoms with Crippen LogP contribution in [0.5, 0.6) is 11.5 Å². The summed E-state index contributed by atoms with van der Waals surface area (Å²) in [6.45, 7) is 2.68. The molecular formula is C16H18O3S2. The molecule has 2 aromatic rings. The van der Waals surface area contributed by atoms with Gasteiger partial charge in [-0.15, -0.1) is 11.8 Å². The molecule has 0 heterocycles. The number of phenols is 2. The van der Waals surface area contributed by atoms with E-state index in [2.05, 4.69) is 0 Å². The molecule has 0 aliphatic heterocycles. The van der Waals surface area contributed by atoms with Crippen molar-refractivity contribution in [2.75, 3.05) is 12.4 Å². The van der Waals surface area contributed by atoms with Gasteiger partial charge in [0.2, 0.25) is 0 Å². The molecule has 21 heavy (non-hydrogen) atoms.